The second kappa shape index (κ2) is 6.96. The van der Waals surface area contributed by atoms with E-state index in [1.54, 1.807) is 17.4 Å². The molecule has 0 bridgehead atoms. The first-order valence-electron chi connectivity index (χ1n) is 9.66. The van der Waals surface area contributed by atoms with Crippen LogP contribution in [0.15, 0.2) is 34.7 Å². The standard InChI is InChI=1S/C21H20N4O4S/c1-11-9-12(25(27)28)3-4-13(11)15-5-6-16(29-15)19-22-20(26)18-14-7-8-24(2)10-17(14)30-21(18)23-19/h3-6,9,19,23H,7-8,10H2,1-2H3,(H,22,26)/t19-/m1/s1. The molecule has 0 fully saturated rings. The van der Waals surface area contributed by atoms with Gasteiger partial charge in [0.15, 0.2) is 6.17 Å². The quantitative estimate of drug-likeness (QED) is 0.486. The number of nitro groups is 1. The summed E-state index contributed by atoms with van der Waals surface area (Å²) in [6, 6.07) is 8.31. The zero-order valence-corrected chi connectivity index (χ0v) is 17.3. The van der Waals surface area contributed by atoms with Crippen LogP contribution in [0.25, 0.3) is 11.3 Å². The van der Waals surface area contributed by atoms with Crippen LogP contribution in [0.5, 0.6) is 0 Å². The molecular formula is C21H20N4O4S. The number of nitro benzene ring substituents is 1. The second-order valence-corrected chi connectivity index (χ2v) is 8.81. The number of hydrogen-bond donors (Lipinski definition) is 2. The summed E-state index contributed by atoms with van der Waals surface area (Å²) in [5.74, 6) is 1.11. The average Bonchev–Trinajstić information content (AvgIpc) is 3.32. The molecule has 9 heteroatoms. The van der Waals surface area contributed by atoms with Crippen molar-refractivity contribution < 1.29 is 14.1 Å². The lowest BCUT2D eigenvalue weighted by Crippen LogP contribution is -2.38. The Kier molecular flexibility index (Phi) is 4.37. The number of carbonyl (C=O) groups is 1. The number of amides is 1. The Bertz CT molecular complexity index is 1180. The molecule has 1 amide bonds. The van der Waals surface area contributed by atoms with Gasteiger partial charge in [-0.2, -0.15) is 0 Å². The van der Waals surface area contributed by atoms with Crippen LogP contribution in [0, 0.1) is 17.0 Å². The number of thiophene rings is 1. The number of benzene rings is 1. The highest BCUT2D eigenvalue weighted by Crippen LogP contribution is 2.41. The number of nitrogens with one attached hydrogen (secondary N) is 2. The Morgan fingerprint density at radius 3 is 2.87 bits per heavy atom. The summed E-state index contributed by atoms with van der Waals surface area (Å²) in [7, 11) is 2.09. The van der Waals surface area contributed by atoms with Gasteiger partial charge in [-0.3, -0.25) is 14.9 Å². The summed E-state index contributed by atoms with van der Waals surface area (Å²) in [5, 5.41) is 18.3. The van der Waals surface area contributed by atoms with Gasteiger partial charge < -0.3 is 20.0 Å². The number of hydrogen-bond acceptors (Lipinski definition) is 7. The zero-order valence-electron chi connectivity index (χ0n) is 16.5. The molecule has 0 aliphatic carbocycles. The zero-order chi connectivity index (χ0) is 21.0. The van der Waals surface area contributed by atoms with Crippen molar-refractivity contribution in [3.63, 3.8) is 0 Å². The SMILES string of the molecule is Cc1cc([N+](=O)[O-])ccc1-c1ccc([C@@H]2NC(=O)c3c(sc4c3CCN(C)C4)N2)o1. The summed E-state index contributed by atoms with van der Waals surface area (Å²) in [6.45, 7) is 3.62. The number of furan rings is 1. The van der Waals surface area contributed by atoms with Crippen LogP contribution >= 0.6 is 11.3 Å². The predicted octanol–water partition coefficient (Wildman–Crippen LogP) is 4.07. The smallest absolute Gasteiger partial charge is 0.269 e. The lowest BCUT2D eigenvalue weighted by Gasteiger charge is -2.26. The van der Waals surface area contributed by atoms with Crippen LogP contribution in [0.4, 0.5) is 10.7 Å². The van der Waals surface area contributed by atoms with E-state index in [1.807, 2.05) is 19.1 Å². The molecule has 0 saturated heterocycles. The Labute approximate surface area is 176 Å². The minimum atomic E-state index is -0.463. The van der Waals surface area contributed by atoms with E-state index in [0.29, 0.717) is 11.5 Å². The van der Waals surface area contributed by atoms with Crippen LogP contribution in [0.1, 0.15) is 38.3 Å². The second-order valence-electron chi connectivity index (χ2n) is 7.70. The van der Waals surface area contributed by atoms with Crippen LogP contribution in [-0.2, 0) is 13.0 Å². The fraction of sp³-hybridized carbons (Fsp3) is 0.286. The third-order valence-corrected chi connectivity index (χ3v) is 6.77. The fourth-order valence-electron chi connectivity index (χ4n) is 4.08. The summed E-state index contributed by atoms with van der Waals surface area (Å²) >= 11 is 1.63. The van der Waals surface area contributed by atoms with E-state index in [9.17, 15) is 14.9 Å². The average molecular weight is 424 g/mol. The van der Waals surface area contributed by atoms with Gasteiger partial charge in [0.1, 0.15) is 16.5 Å². The first kappa shape index (κ1) is 18.8. The number of non-ortho nitro benzene ring substituents is 1. The van der Waals surface area contributed by atoms with Crippen LogP contribution in [-0.4, -0.2) is 29.3 Å². The maximum atomic E-state index is 12.9. The number of likely N-dealkylation sites (N-methyl/N-ethyl adjacent to an activating group) is 1. The van der Waals surface area contributed by atoms with Crippen molar-refractivity contribution >= 4 is 27.9 Å². The van der Waals surface area contributed by atoms with Crippen molar-refractivity contribution in [3.8, 4) is 11.3 Å². The fourth-order valence-corrected chi connectivity index (χ4v) is 5.43. The monoisotopic (exact) mass is 424 g/mol. The van der Waals surface area contributed by atoms with Crippen molar-refractivity contribution in [1.82, 2.24) is 10.2 Å². The van der Waals surface area contributed by atoms with E-state index in [-0.39, 0.29) is 11.6 Å². The van der Waals surface area contributed by atoms with Crippen LogP contribution in [0.3, 0.4) is 0 Å². The van der Waals surface area contributed by atoms with Crippen molar-refractivity contribution in [3.05, 3.63) is 67.8 Å². The lowest BCUT2D eigenvalue weighted by molar-refractivity contribution is -0.384. The topological polar surface area (TPSA) is 101 Å². The third kappa shape index (κ3) is 3.06. The van der Waals surface area contributed by atoms with Gasteiger partial charge in [0, 0.05) is 35.7 Å². The molecule has 3 aromatic rings. The third-order valence-electron chi connectivity index (χ3n) is 5.62. The molecule has 5 rings (SSSR count). The van der Waals surface area contributed by atoms with Crippen molar-refractivity contribution in [2.24, 2.45) is 0 Å². The first-order valence-corrected chi connectivity index (χ1v) is 10.5. The largest absolute Gasteiger partial charge is 0.457 e. The Morgan fingerprint density at radius 2 is 2.10 bits per heavy atom. The first-order chi connectivity index (χ1) is 14.4. The van der Waals surface area contributed by atoms with Crippen molar-refractivity contribution in [2.45, 2.75) is 26.1 Å². The molecule has 154 valence electrons. The Morgan fingerprint density at radius 1 is 1.27 bits per heavy atom. The van der Waals surface area contributed by atoms with Gasteiger partial charge >= 0.3 is 0 Å². The summed E-state index contributed by atoms with van der Waals surface area (Å²) in [5.41, 5.74) is 3.49. The van der Waals surface area contributed by atoms with Gasteiger partial charge in [0.2, 0.25) is 0 Å². The maximum absolute atomic E-state index is 12.9. The van der Waals surface area contributed by atoms with Crippen molar-refractivity contribution in [1.29, 1.82) is 0 Å². The molecule has 1 aromatic carbocycles. The normalized spacial score (nSPS) is 18.3. The molecule has 0 unspecified atom stereocenters. The molecule has 2 aliphatic rings. The molecule has 0 spiro atoms. The maximum Gasteiger partial charge on any atom is 0.269 e. The molecule has 0 radical (unpaired) electrons. The van der Waals surface area contributed by atoms with Gasteiger partial charge in [-0.25, -0.2) is 0 Å². The molecule has 0 saturated carbocycles. The number of rotatable bonds is 3. The van der Waals surface area contributed by atoms with E-state index >= 15 is 0 Å². The van der Waals surface area contributed by atoms with Gasteiger partial charge in [0.05, 0.1) is 10.5 Å². The molecule has 8 nitrogen and oxygen atoms in total. The molecule has 2 N–H and O–H groups in total. The highest BCUT2D eigenvalue weighted by Gasteiger charge is 2.34. The highest BCUT2D eigenvalue weighted by molar-refractivity contribution is 7.16. The lowest BCUT2D eigenvalue weighted by atomic mass is 10.0. The van der Waals surface area contributed by atoms with Crippen molar-refractivity contribution in [2.75, 3.05) is 18.9 Å². The highest BCUT2D eigenvalue weighted by atomic mass is 32.1. The minimum absolute atomic E-state index is 0.0454. The number of aryl methyl sites for hydroxylation is 1. The molecule has 1 atom stereocenters. The summed E-state index contributed by atoms with van der Waals surface area (Å²) in [6.07, 6.45) is 0.414. The molecule has 2 aliphatic heterocycles. The summed E-state index contributed by atoms with van der Waals surface area (Å²) < 4.78 is 6.02. The van der Waals surface area contributed by atoms with Gasteiger partial charge in [-0.1, -0.05) is 0 Å². The van der Waals surface area contributed by atoms with E-state index in [4.69, 9.17) is 4.42 Å². The Hall–Kier alpha value is -3.17. The van der Waals surface area contributed by atoms with Gasteiger partial charge in [-0.15, -0.1) is 11.3 Å². The predicted molar refractivity (Wildman–Crippen MR) is 114 cm³/mol. The molecule has 30 heavy (non-hydrogen) atoms. The minimum Gasteiger partial charge on any atom is -0.457 e. The van der Waals surface area contributed by atoms with Gasteiger partial charge in [-0.05, 0) is 49.7 Å². The number of carbonyl (C=O) groups excluding carboxylic acids is 1. The Balaban J connectivity index is 1.43. The van der Waals surface area contributed by atoms with E-state index in [1.165, 1.54) is 17.0 Å². The van der Waals surface area contributed by atoms with Gasteiger partial charge in [0.25, 0.3) is 11.6 Å². The number of fused-ring (bicyclic) bond motifs is 3. The molecule has 2 aromatic heterocycles. The number of anilines is 1. The van der Waals surface area contributed by atoms with E-state index in [2.05, 4.69) is 22.6 Å². The molecular weight excluding hydrogens is 404 g/mol. The molecule has 4 heterocycles. The van der Waals surface area contributed by atoms with E-state index < -0.39 is 11.1 Å². The number of nitrogens with zero attached hydrogens (tertiary/aromatic N) is 2. The van der Waals surface area contributed by atoms with Crippen LogP contribution < -0.4 is 10.6 Å². The van der Waals surface area contributed by atoms with Crippen LogP contribution in [0.2, 0.25) is 0 Å². The summed E-state index contributed by atoms with van der Waals surface area (Å²) in [4.78, 5) is 26.9. The van der Waals surface area contributed by atoms with E-state index in [0.717, 1.165) is 46.8 Å².